The number of hydrogen-bond acceptors (Lipinski definition) is 3. The lowest BCUT2D eigenvalue weighted by molar-refractivity contribution is 0.0840. The van der Waals surface area contributed by atoms with Crippen LogP contribution in [0.25, 0.3) is 9.69 Å². The molecule has 0 N–H and O–H groups in total. The summed E-state index contributed by atoms with van der Waals surface area (Å²) < 4.78 is 16.6. The summed E-state index contributed by atoms with van der Waals surface area (Å²) in [4.78, 5) is 6.75. The topological polar surface area (TPSA) is 36.4 Å². The van der Waals surface area contributed by atoms with Crippen LogP contribution in [0.15, 0.2) is 0 Å². The van der Waals surface area contributed by atoms with Gasteiger partial charge in [-0.05, 0) is 32.6 Å². The monoisotopic (exact) mass is 297 g/mol. The largest absolute Gasteiger partial charge is 0.577 e. The van der Waals surface area contributed by atoms with E-state index in [2.05, 4.69) is 9.69 Å². The molecule has 0 aromatic carbocycles. The van der Waals surface area contributed by atoms with Crippen molar-refractivity contribution in [2.24, 2.45) is 5.92 Å². The first-order valence-corrected chi connectivity index (χ1v) is 8.42. The molecular weight excluding hydrogens is 272 g/mol. The Morgan fingerprint density at radius 1 is 0.900 bits per heavy atom. The van der Waals surface area contributed by atoms with Gasteiger partial charge in [-0.2, -0.15) is 0 Å². The second-order valence-corrected chi connectivity index (χ2v) is 5.71. The molecule has 0 aliphatic heterocycles. The third kappa shape index (κ3) is 11.0. The van der Waals surface area contributed by atoms with Crippen molar-refractivity contribution in [1.82, 2.24) is 0 Å². The van der Waals surface area contributed by atoms with Gasteiger partial charge < -0.3 is 23.0 Å². The van der Waals surface area contributed by atoms with E-state index < -0.39 is 9.53 Å². The maximum atomic E-state index is 6.81. The highest BCUT2D eigenvalue weighted by atomic mass is 28.3. The van der Waals surface area contributed by atoms with Gasteiger partial charge in [0.1, 0.15) is 0 Å². The molecular formula is C14H25N2O3Si. The molecule has 0 unspecified atom stereocenters. The van der Waals surface area contributed by atoms with E-state index >= 15 is 0 Å². The fourth-order valence-electron chi connectivity index (χ4n) is 1.78. The molecule has 0 rings (SSSR count). The zero-order valence-corrected chi connectivity index (χ0v) is 13.6. The summed E-state index contributed by atoms with van der Waals surface area (Å²) in [6.45, 7) is 20.4. The van der Waals surface area contributed by atoms with Crippen LogP contribution in [-0.2, 0) is 13.3 Å². The number of hydrogen-bond donors (Lipinski definition) is 0. The van der Waals surface area contributed by atoms with Gasteiger partial charge >= 0.3 is 9.53 Å². The van der Waals surface area contributed by atoms with Crippen molar-refractivity contribution in [3.63, 3.8) is 0 Å². The van der Waals surface area contributed by atoms with Crippen LogP contribution >= 0.6 is 0 Å². The smallest absolute Gasteiger partial charge is 0.371 e. The molecule has 6 heteroatoms. The number of rotatable bonds is 13. The molecule has 5 nitrogen and oxygen atoms in total. The van der Waals surface area contributed by atoms with E-state index in [0.29, 0.717) is 38.8 Å². The van der Waals surface area contributed by atoms with E-state index in [-0.39, 0.29) is 0 Å². The fraction of sp³-hybridized carbons (Fsp3) is 0.857. The zero-order chi connectivity index (χ0) is 15.1. The van der Waals surface area contributed by atoms with Crippen LogP contribution in [0.3, 0.4) is 0 Å². The Morgan fingerprint density at radius 2 is 1.40 bits per heavy atom. The maximum absolute atomic E-state index is 6.81. The average Bonchev–Trinajstić information content (AvgIpc) is 2.45. The summed E-state index contributed by atoms with van der Waals surface area (Å²) >= 11 is 0. The summed E-state index contributed by atoms with van der Waals surface area (Å²) in [5.41, 5.74) is 0. The minimum absolute atomic E-state index is 0.388. The highest BCUT2D eigenvalue weighted by molar-refractivity contribution is 6.36. The molecule has 0 fully saturated rings. The Kier molecular flexibility index (Phi) is 13.8. The molecule has 0 bridgehead atoms. The van der Waals surface area contributed by atoms with Gasteiger partial charge in [0, 0.05) is 32.7 Å². The molecule has 0 aromatic heterocycles. The normalized spacial score (nSPS) is 10.7. The van der Waals surface area contributed by atoms with Gasteiger partial charge in [-0.3, -0.25) is 0 Å². The number of nitrogens with zero attached hydrogens (tertiary/aromatic N) is 2. The third-order valence-corrected chi connectivity index (χ3v) is 4.18. The first-order chi connectivity index (χ1) is 9.78. The summed E-state index contributed by atoms with van der Waals surface area (Å²) in [5.74, 6) is 0.388. The quantitative estimate of drug-likeness (QED) is 0.298. The molecule has 0 aliphatic rings. The first kappa shape index (κ1) is 19.1. The summed E-state index contributed by atoms with van der Waals surface area (Å²) in [6, 6.07) is 0. The van der Waals surface area contributed by atoms with Crippen molar-refractivity contribution < 1.29 is 13.3 Å². The minimum atomic E-state index is -1.62. The van der Waals surface area contributed by atoms with Gasteiger partial charge in [0.2, 0.25) is 13.1 Å². The lowest BCUT2D eigenvalue weighted by atomic mass is 9.98. The summed E-state index contributed by atoms with van der Waals surface area (Å²) in [6.07, 6.45) is 3.71. The highest BCUT2D eigenvalue weighted by Crippen LogP contribution is 2.15. The molecule has 0 heterocycles. The standard InChI is InChI=1S/C14H25N2O3Si/c1-5-17-20(18-6-2)19-13-14(9-7-11-15-3)10-8-12-16-4/h14H,5-13H2,1-2H3. The average molecular weight is 297 g/mol. The lowest BCUT2D eigenvalue weighted by Crippen LogP contribution is -2.29. The van der Waals surface area contributed by atoms with Gasteiger partial charge in [-0.15, -0.1) is 0 Å². The van der Waals surface area contributed by atoms with Gasteiger partial charge in [-0.25, -0.2) is 13.1 Å². The van der Waals surface area contributed by atoms with Crippen molar-refractivity contribution in [3.05, 3.63) is 22.8 Å². The van der Waals surface area contributed by atoms with Crippen molar-refractivity contribution in [2.45, 2.75) is 39.5 Å². The maximum Gasteiger partial charge on any atom is 0.577 e. The second kappa shape index (κ2) is 14.5. The van der Waals surface area contributed by atoms with E-state index in [1.54, 1.807) is 0 Å². The van der Waals surface area contributed by atoms with Crippen LogP contribution in [0, 0.1) is 19.1 Å². The van der Waals surface area contributed by atoms with E-state index in [0.717, 1.165) is 25.7 Å². The Bertz CT molecular complexity index is 276. The molecule has 0 aliphatic carbocycles. The molecule has 0 saturated heterocycles. The van der Waals surface area contributed by atoms with Crippen LogP contribution in [-0.4, -0.2) is 42.4 Å². The highest BCUT2D eigenvalue weighted by Gasteiger charge is 2.20. The van der Waals surface area contributed by atoms with Crippen molar-refractivity contribution in [3.8, 4) is 0 Å². The predicted octanol–water partition coefficient (Wildman–Crippen LogP) is 3.08. The molecule has 20 heavy (non-hydrogen) atoms. The zero-order valence-electron chi connectivity index (χ0n) is 12.6. The lowest BCUT2D eigenvalue weighted by Gasteiger charge is -2.18. The molecule has 0 spiro atoms. The Hall–Kier alpha value is -0.923. The Morgan fingerprint density at radius 3 is 1.80 bits per heavy atom. The Balaban J connectivity index is 4.09. The van der Waals surface area contributed by atoms with E-state index in [4.69, 9.17) is 26.4 Å². The van der Waals surface area contributed by atoms with E-state index in [1.807, 2.05) is 13.8 Å². The van der Waals surface area contributed by atoms with Gasteiger partial charge in [0.05, 0.1) is 0 Å². The minimum Gasteiger partial charge on any atom is -0.371 e. The molecule has 0 amide bonds. The fourth-order valence-corrected chi connectivity index (χ4v) is 2.87. The van der Waals surface area contributed by atoms with Gasteiger partial charge in [0.15, 0.2) is 0 Å². The van der Waals surface area contributed by atoms with Crippen molar-refractivity contribution in [1.29, 1.82) is 0 Å². The molecule has 1 radical (unpaired) electrons. The molecule has 0 aromatic rings. The van der Waals surface area contributed by atoms with Crippen molar-refractivity contribution >= 4 is 9.53 Å². The predicted molar refractivity (Wildman–Crippen MR) is 79.9 cm³/mol. The first-order valence-electron chi connectivity index (χ1n) is 7.20. The second-order valence-electron chi connectivity index (χ2n) is 4.34. The third-order valence-electron chi connectivity index (χ3n) is 2.73. The molecule has 113 valence electrons. The van der Waals surface area contributed by atoms with Crippen LogP contribution in [0.1, 0.15) is 39.5 Å². The van der Waals surface area contributed by atoms with Crippen LogP contribution < -0.4 is 0 Å². The summed E-state index contributed by atoms with van der Waals surface area (Å²) in [5, 5.41) is 0. The summed E-state index contributed by atoms with van der Waals surface area (Å²) in [7, 11) is -1.62. The molecule has 0 saturated carbocycles. The van der Waals surface area contributed by atoms with E-state index in [9.17, 15) is 0 Å². The van der Waals surface area contributed by atoms with E-state index in [1.165, 1.54) is 0 Å². The van der Waals surface area contributed by atoms with Gasteiger partial charge in [-0.1, -0.05) is 0 Å². The van der Waals surface area contributed by atoms with Gasteiger partial charge in [0.25, 0.3) is 0 Å². The molecule has 0 atom stereocenters. The Labute approximate surface area is 124 Å². The van der Waals surface area contributed by atoms with Crippen molar-refractivity contribution in [2.75, 3.05) is 32.9 Å². The van der Waals surface area contributed by atoms with Crippen LogP contribution in [0.4, 0.5) is 0 Å². The van der Waals surface area contributed by atoms with Crippen LogP contribution in [0.2, 0.25) is 0 Å². The SMILES string of the molecule is [C-]#[N+]CCCC(CCC[N+]#[C-])CO[Si](OCC)OCC. The van der Waals surface area contributed by atoms with Crippen LogP contribution in [0.5, 0.6) is 0 Å².